The molecule has 0 spiro atoms. The van der Waals surface area contributed by atoms with Crippen LogP contribution in [0.5, 0.6) is 0 Å². The maximum Gasteiger partial charge on any atom is 0.307 e. The first kappa shape index (κ1) is 11.8. The number of halogens is 4. The summed E-state index contributed by atoms with van der Waals surface area (Å²) >= 11 is 5.38. The average Bonchev–Trinajstić information content (AvgIpc) is 2.09. The monoisotopic (exact) mass is 239 g/mol. The van der Waals surface area contributed by atoms with E-state index in [2.05, 4.69) is 4.98 Å². The molecule has 0 unspecified atom stereocenters. The van der Waals surface area contributed by atoms with Crippen LogP contribution in [0, 0.1) is 5.95 Å². The van der Waals surface area contributed by atoms with Gasteiger partial charge in [-0.05, 0) is 6.07 Å². The summed E-state index contributed by atoms with van der Waals surface area (Å²) in [6, 6.07) is 0.847. The van der Waals surface area contributed by atoms with Gasteiger partial charge in [0.1, 0.15) is 5.69 Å². The maximum atomic E-state index is 13.0. The van der Waals surface area contributed by atoms with E-state index in [1.165, 1.54) is 0 Å². The van der Waals surface area contributed by atoms with Gasteiger partial charge in [-0.2, -0.15) is 4.39 Å². The molecule has 1 rings (SSSR count). The first-order valence-corrected chi connectivity index (χ1v) is 4.14. The molecule has 0 bridgehead atoms. The Bertz CT molecular complexity index is 398. The maximum absolute atomic E-state index is 13.0. The second kappa shape index (κ2) is 4.48. The Labute approximate surface area is 87.5 Å². The summed E-state index contributed by atoms with van der Waals surface area (Å²) in [4.78, 5) is 13.2. The molecule has 3 nitrogen and oxygen atoms in total. The van der Waals surface area contributed by atoms with Gasteiger partial charge in [0.25, 0.3) is 6.43 Å². The zero-order chi connectivity index (χ0) is 11.6. The fourth-order valence-electron chi connectivity index (χ4n) is 0.957. The summed E-state index contributed by atoms with van der Waals surface area (Å²) < 4.78 is 37.3. The van der Waals surface area contributed by atoms with Gasteiger partial charge >= 0.3 is 5.97 Å². The molecule has 82 valence electrons. The molecule has 15 heavy (non-hydrogen) atoms. The standard InChI is InChI=1S/C8H5ClF3NO2/c9-4-1-3(2-5(14)15)8(12)13-6(4)7(10)11/h1,7H,2H2,(H,14,15). The van der Waals surface area contributed by atoms with E-state index in [0.29, 0.717) is 0 Å². The van der Waals surface area contributed by atoms with Gasteiger partial charge < -0.3 is 5.11 Å². The summed E-state index contributed by atoms with van der Waals surface area (Å²) in [6.45, 7) is 0. The van der Waals surface area contributed by atoms with Crippen LogP contribution in [-0.4, -0.2) is 16.1 Å². The first-order chi connectivity index (χ1) is 6.91. The SMILES string of the molecule is O=C(O)Cc1cc(Cl)c(C(F)F)nc1F. The quantitative estimate of drug-likeness (QED) is 0.824. The van der Waals surface area contributed by atoms with Crippen molar-refractivity contribution >= 4 is 17.6 Å². The number of aliphatic carboxylic acids is 1. The van der Waals surface area contributed by atoms with E-state index in [0.717, 1.165) is 6.07 Å². The van der Waals surface area contributed by atoms with Crippen molar-refractivity contribution in [3.63, 3.8) is 0 Å². The van der Waals surface area contributed by atoms with Crippen LogP contribution < -0.4 is 0 Å². The number of carboxylic acids is 1. The second-order valence-corrected chi connectivity index (χ2v) is 3.08. The molecule has 1 aromatic heterocycles. The smallest absolute Gasteiger partial charge is 0.307 e. The Balaban J connectivity index is 3.13. The van der Waals surface area contributed by atoms with Crippen molar-refractivity contribution in [3.05, 3.63) is 28.3 Å². The van der Waals surface area contributed by atoms with Crippen molar-refractivity contribution in [1.29, 1.82) is 0 Å². The van der Waals surface area contributed by atoms with Crippen LogP contribution in [0.2, 0.25) is 5.02 Å². The third-order valence-electron chi connectivity index (χ3n) is 1.58. The van der Waals surface area contributed by atoms with Crippen LogP contribution in [0.25, 0.3) is 0 Å². The van der Waals surface area contributed by atoms with Gasteiger partial charge in [0, 0.05) is 5.56 Å². The zero-order valence-corrected chi connectivity index (χ0v) is 7.93. The van der Waals surface area contributed by atoms with Gasteiger partial charge in [0.15, 0.2) is 0 Å². The van der Waals surface area contributed by atoms with Gasteiger partial charge in [-0.1, -0.05) is 11.6 Å². The predicted molar refractivity (Wildman–Crippen MR) is 45.5 cm³/mol. The Morgan fingerprint density at radius 2 is 2.20 bits per heavy atom. The topological polar surface area (TPSA) is 50.2 Å². The Morgan fingerprint density at radius 3 is 2.67 bits per heavy atom. The summed E-state index contributed by atoms with van der Waals surface area (Å²) in [5, 5.41) is 7.93. The number of alkyl halides is 2. The predicted octanol–water partition coefficient (Wildman–Crippen LogP) is 2.44. The van der Waals surface area contributed by atoms with Crippen LogP contribution in [0.4, 0.5) is 13.2 Å². The largest absolute Gasteiger partial charge is 0.481 e. The molecule has 0 atom stereocenters. The Kier molecular flexibility index (Phi) is 3.52. The fraction of sp³-hybridized carbons (Fsp3) is 0.250. The number of carbonyl (C=O) groups is 1. The molecule has 0 aromatic carbocycles. The number of hydrogen-bond acceptors (Lipinski definition) is 2. The minimum atomic E-state index is -2.99. The van der Waals surface area contributed by atoms with E-state index >= 15 is 0 Å². The van der Waals surface area contributed by atoms with Crippen LogP contribution >= 0.6 is 11.6 Å². The molecule has 0 aliphatic heterocycles. The number of hydrogen-bond donors (Lipinski definition) is 1. The van der Waals surface area contributed by atoms with E-state index in [1.807, 2.05) is 0 Å². The molecule has 0 fully saturated rings. The lowest BCUT2D eigenvalue weighted by molar-refractivity contribution is -0.136. The summed E-state index contributed by atoms with van der Waals surface area (Å²) in [6.07, 6.45) is -3.65. The lowest BCUT2D eigenvalue weighted by atomic mass is 10.2. The second-order valence-electron chi connectivity index (χ2n) is 2.68. The molecule has 0 radical (unpaired) electrons. The number of pyridine rings is 1. The Morgan fingerprint density at radius 1 is 1.60 bits per heavy atom. The highest BCUT2D eigenvalue weighted by Gasteiger charge is 2.18. The molecular weight excluding hydrogens is 235 g/mol. The van der Waals surface area contributed by atoms with Crippen LogP contribution in [0.15, 0.2) is 6.07 Å². The third-order valence-corrected chi connectivity index (χ3v) is 1.88. The van der Waals surface area contributed by atoms with E-state index in [9.17, 15) is 18.0 Å². The third kappa shape index (κ3) is 2.82. The highest BCUT2D eigenvalue weighted by molar-refractivity contribution is 6.31. The van der Waals surface area contributed by atoms with Crippen molar-refractivity contribution < 1.29 is 23.1 Å². The highest BCUT2D eigenvalue weighted by Crippen LogP contribution is 2.26. The fourth-order valence-corrected chi connectivity index (χ4v) is 1.21. The molecule has 0 aliphatic carbocycles. The zero-order valence-electron chi connectivity index (χ0n) is 7.18. The molecule has 0 amide bonds. The molecule has 1 aromatic rings. The summed E-state index contributed by atoms with van der Waals surface area (Å²) in [5.74, 6) is -2.53. The molecule has 7 heteroatoms. The molecular formula is C8H5ClF3NO2. The lowest BCUT2D eigenvalue weighted by Crippen LogP contribution is -2.06. The minimum absolute atomic E-state index is 0.322. The number of carboxylic acid groups (broad SMARTS) is 1. The van der Waals surface area contributed by atoms with E-state index in [-0.39, 0.29) is 5.56 Å². The summed E-state index contributed by atoms with van der Waals surface area (Å²) in [7, 11) is 0. The van der Waals surface area contributed by atoms with Crippen LogP contribution in [0.1, 0.15) is 17.7 Å². The van der Waals surface area contributed by atoms with Crippen molar-refractivity contribution in [2.45, 2.75) is 12.8 Å². The van der Waals surface area contributed by atoms with Crippen molar-refractivity contribution in [1.82, 2.24) is 4.98 Å². The summed E-state index contributed by atoms with van der Waals surface area (Å²) in [5.41, 5.74) is -1.21. The lowest BCUT2D eigenvalue weighted by Gasteiger charge is -2.05. The van der Waals surface area contributed by atoms with Crippen molar-refractivity contribution in [2.24, 2.45) is 0 Å². The minimum Gasteiger partial charge on any atom is -0.481 e. The number of aromatic nitrogens is 1. The van der Waals surface area contributed by atoms with Gasteiger partial charge in [-0.15, -0.1) is 0 Å². The Hall–Kier alpha value is -1.30. The molecule has 1 N–H and O–H groups in total. The number of rotatable bonds is 3. The van der Waals surface area contributed by atoms with E-state index in [4.69, 9.17) is 16.7 Å². The highest BCUT2D eigenvalue weighted by atomic mass is 35.5. The normalized spacial score (nSPS) is 10.7. The van der Waals surface area contributed by atoms with Gasteiger partial charge in [-0.3, -0.25) is 4.79 Å². The van der Waals surface area contributed by atoms with E-state index < -0.39 is 35.5 Å². The van der Waals surface area contributed by atoms with Gasteiger partial charge in [0.2, 0.25) is 5.95 Å². The molecule has 0 saturated carbocycles. The van der Waals surface area contributed by atoms with Gasteiger partial charge in [0.05, 0.1) is 11.4 Å². The van der Waals surface area contributed by atoms with Crippen LogP contribution in [-0.2, 0) is 11.2 Å². The van der Waals surface area contributed by atoms with Crippen molar-refractivity contribution in [3.8, 4) is 0 Å². The van der Waals surface area contributed by atoms with E-state index in [1.54, 1.807) is 0 Å². The van der Waals surface area contributed by atoms with Crippen LogP contribution in [0.3, 0.4) is 0 Å². The number of nitrogens with zero attached hydrogens (tertiary/aromatic N) is 1. The first-order valence-electron chi connectivity index (χ1n) is 3.76. The average molecular weight is 240 g/mol. The molecule has 0 saturated heterocycles. The van der Waals surface area contributed by atoms with Gasteiger partial charge in [-0.25, -0.2) is 13.8 Å². The van der Waals surface area contributed by atoms with Crippen molar-refractivity contribution in [2.75, 3.05) is 0 Å². The molecule has 1 heterocycles. The molecule has 0 aliphatic rings.